The molecule has 1 atom stereocenters. The minimum Gasteiger partial charge on any atom is -0.456 e. The van der Waals surface area contributed by atoms with Gasteiger partial charge in [-0.1, -0.05) is 23.2 Å². The maximum Gasteiger partial charge on any atom is 0.146 e. The van der Waals surface area contributed by atoms with Crippen molar-refractivity contribution in [2.75, 3.05) is 0 Å². The second-order valence-electron chi connectivity index (χ2n) is 4.61. The zero-order chi connectivity index (χ0) is 14.7. The highest BCUT2D eigenvalue weighted by atomic mass is 35.5. The molecule has 0 bridgehead atoms. The van der Waals surface area contributed by atoms with Crippen LogP contribution in [-0.2, 0) is 6.42 Å². The number of benzene rings is 2. The van der Waals surface area contributed by atoms with Crippen molar-refractivity contribution in [3.63, 3.8) is 0 Å². The van der Waals surface area contributed by atoms with E-state index in [1.54, 1.807) is 24.3 Å². The number of rotatable bonds is 4. The van der Waals surface area contributed by atoms with Gasteiger partial charge in [0.2, 0.25) is 0 Å². The summed E-state index contributed by atoms with van der Waals surface area (Å²) < 4.78 is 19.1. The quantitative estimate of drug-likeness (QED) is 0.878. The molecule has 1 unspecified atom stereocenters. The van der Waals surface area contributed by atoms with Crippen LogP contribution in [-0.4, -0.2) is 6.04 Å². The second-order valence-corrected chi connectivity index (χ2v) is 5.45. The molecule has 0 fully saturated rings. The Hall–Kier alpha value is -1.29. The van der Waals surface area contributed by atoms with Gasteiger partial charge in [0.25, 0.3) is 0 Å². The number of nitrogens with two attached hydrogens (primary N) is 1. The molecule has 5 heteroatoms. The maximum absolute atomic E-state index is 13.3. The molecule has 20 heavy (non-hydrogen) atoms. The lowest BCUT2D eigenvalue weighted by atomic mass is 10.1. The zero-order valence-corrected chi connectivity index (χ0v) is 12.4. The van der Waals surface area contributed by atoms with Crippen molar-refractivity contribution >= 4 is 23.2 Å². The molecule has 0 heterocycles. The lowest BCUT2D eigenvalue weighted by Crippen LogP contribution is -2.18. The Morgan fingerprint density at radius 1 is 1.15 bits per heavy atom. The average molecular weight is 314 g/mol. The van der Waals surface area contributed by atoms with Gasteiger partial charge in [0.05, 0.1) is 5.02 Å². The highest BCUT2D eigenvalue weighted by Gasteiger charge is 2.11. The molecule has 2 rings (SSSR count). The van der Waals surface area contributed by atoms with E-state index < -0.39 is 0 Å². The summed E-state index contributed by atoms with van der Waals surface area (Å²) in [6.07, 6.45) is 0.512. The van der Waals surface area contributed by atoms with E-state index in [-0.39, 0.29) is 11.9 Å². The van der Waals surface area contributed by atoms with E-state index in [9.17, 15) is 4.39 Å². The highest BCUT2D eigenvalue weighted by molar-refractivity contribution is 6.35. The van der Waals surface area contributed by atoms with Gasteiger partial charge < -0.3 is 10.5 Å². The summed E-state index contributed by atoms with van der Waals surface area (Å²) in [7, 11) is 0. The molecule has 0 saturated heterocycles. The normalized spacial score (nSPS) is 12.2. The predicted molar refractivity (Wildman–Crippen MR) is 80.3 cm³/mol. The van der Waals surface area contributed by atoms with Crippen molar-refractivity contribution in [2.24, 2.45) is 5.73 Å². The monoisotopic (exact) mass is 313 g/mol. The van der Waals surface area contributed by atoms with E-state index >= 15 is 0 Å². The summed E-state index contributed by atoms with van der Waals surface area (Å²) in [4.78, 5) is 0. The van der Waals surface area contributed by atoms with Crippen LogP contribution in [0.4, 0.5) is 4.39 Å². The standard InChI is InChI=1S/C15H14Cl2FNO/c1-9(19)6-10-7-12(18)3-5-14(10)20-15-4-2-11(16)8-13(15)17/h2-5,7-9H,6,19H2,1H3. The SMILES string of the molecule is CC(N)Cc1cc(F)ccc1Oc1ccc(Cl)cc1Cl. The van der Waals surface area contributed by atoms with Crippen molar-refractivity contribution in [1.82, 2.24) is 0 Å². The summed E-state index contributed by atoms with van der Waals surface area (Å²) in [5.74, 6) is 0.678. The van der Waals surface area contributed by atoms with Gasteiger partial charge in [-0.25, -0.2) is 4.39 Å². The molecule has 0 amide bonds. The van der Waals surface area contributed by atoms with Crippen molar-refractivity contribution in [2.45, 2.75) is 19.4 Å². The van der Waals surface area contributed by atoms with Crippen molar-refractivity contribution in [1.29, 1.82) is 0 Å². The van der Waals surface area contributed by atoms with Crippen LogP contribution in [0.15, 0.2) is 36.4 Å². The zero-order valence-electron chi connectivity index (χ0n) is 10.9. The van der Waals surface area contributed by atoms with Crippen molar-refractivity contribution in [3.05, 3.63) is 57.8 Å². The van der Waals surface area contributed by atoms with Crippen LogP contribution >= 0.6 is 23.2 Å². The van der Waals surface area contributed by atoms with E-state index in [4.69, 9.17) is 33.7 Å². The van der Waals surface area contributed by atoms with Gasteiger partial charge in [0.15, 0.2) is 0 Å². The van der Waals surface area contributed by atoms with Crippen molar-refractivity contribution < 1.29 is 9.13 Å². The van der Waals surface area contributed by atoms with E-state index in [1.165, 1.54) is 12.1 Å². The average Bonchev–Trinajstić information content (AvgIpc) is 2.34. The highest BCUT2D eigenvalue weighted by Crippen LogP contribution is 2.33. The molecular formula is C15H14Cl2FNO. The van der Waals surface area contributed by atoms with Crippen LogP contribution in [0.5, 0.6) is 11.5 Å². The first kappa shape index (κ1) is 15.1. The van der Waals surface area contributed by atoms with E-state index in [1.807, 2.05) is 6.92 Å². The molecule has 2 aromatic carbocycles. The molecular weight excluding hydrogens is 300 g/mol. The first-order valence-electron chi connectivity index (χ1n) is 6.12. The fourth-order valence-electron chi connectivity index (χ4n) is 1.83. The second kappa shape index (κ2) is 6.44. The van der Waals surface area contributed by atoms with Crippen LogP contribution in [0.25, 0.3) is 0 Å². The third-order valence-electron chi connectivity index (χ3n) is 2.68. The van der Waals surface area contributed by atoms with E-state index in [2.05, 4.69) is 0 Å². The molecule has 0 aliphatic rings. The molecule has 0 aromatic heterocycles. The molecule has 0 saturated carbocycles. The Labute approximate surface area is 127 Å². The molecule has 106 valence electrons. The Morgan fingerprint density at radius 3 is 2.50 bits per heavy atom. The first-order chi connectivity index (χ1) is 9.45. The first-order valence-corrected chi connectivity index (χ1v) is 6.88. The van der Waals surface area contributed by atoms with E-state index in [0.29, 0.717) is 33.5 Å². The van der Waals surface area contributed by atoms with Crippen LogP contribution in [0.3, 0.4) is 0 Å². The third kappa shape index (κ3) is 3.85. The predicted octanol–water partition coefficient (Wildman–Crippen LogP) is 4.81. The van der Waals surface area contributed by atoms with Gasteiger partial charge >= 0.3 is 0 Å². The Kier molecular flexibility index (Phi) is 4.86. The van der Waals surface area contributed by atoms with Gasteiger partial charge in [-0.15, -0.1) is 0 Å². The lowest BCUT2D eigenvalue weighted by molar-refractivity contribution is 0.471. The maximum atomic E-state index is 13.3. The molecule has 0 aliphatic heterocycles. The Balaban J connectivity index is 2.32. The topological polar surface area (TPSA) is 35.2 Å². The Morgan fingerprint density at radius 2 is 1.85 bits per heavy atom. The van der Waals surface area contributed by atoms with Gasteiger partial charge in [-0.2, -0.15) is 0 Å². The molecule has 2 nitrogen and oxygen atoms in total. The number of hydrogen-bond donors (Lipinski definition) is 1. The van der Waals surface area contributed by atoms with Gasteiger partial charge in [0, 0.05) is 11.1 Å². The van der Waals surface area contributed by atoms with Gasteiger partial charge in [-0.05, 0) is 55.3 Å². The van der Waals surface area contributed by atoms with Crippen LogP contribution in [0, 0.1) is 5.82 Å². The van der Waals surface area contributed by atoms with Gasteiger partial charge in [-0.3, -0.25) is 0 Å². The smallest absolute Gasteiger partial charge is 0.146 e. The van der Waals surface area contributed by atoms with Crippen LogP contribution in [0.1, 0.15) is 12.5 Å². The summed E-state index contributed by atoms with van der Waals surface area (Å²) >= 11 is 11.9. The minimum atomic E-state index is -0.324. The summed E-state index contributed by atoms with van der Waals surface area (Å²) in [6, 6.07) is 9.17. The summed E-state index contributed by atoms with van der Waals surface area (Å²) in [5.41, 5.74) is 6.47. The fourth-order valence-corrected chi connectivity index (χ4v) is 2.28. The fraction of sp³-hybridized carbons (Fsp3) is 0.200. The number of halogens is 3. The molecule has 0 spiro atoms. The minimum absolute atomic E-state index is 0.0974. The van der Waals surface area contributed by atoms with Crippen molar-refractivity contribution in [3.8, 4) is 11.5 Å². The lowest BCUT2D eigenvalue weighted by Gasteiger charge is -2.14. The number of ether oxygens (including phenoxy) is 1. The Bertz CT molecular complexity index is 617. The summed E-state index contributed by atoms with van der Waals surface area (Å²) in [5, 5.41) is 0.922. The molecule has 0 radical (unpaired) electrons. The molecule has 2 N–H and O–H groups in total. The van der Waals surface area contributed by atoms with Gasteiger partial charge in [0.1, 0.15) is 17.3 Å². The van der Waals surface area contributed by atoms with E-state index in [0.717, 1.165) is 0 Å². The molecule has 2 aromatic rings. The number of hydrogen-bond acceptors (Lipinski definition) is 2. The van der Waals surface area contributed by atoms with Crippen LogP contribution < -0.4 is 10.5 Å². The summed E-state index contributed by atoms with van der Waals surface area (Å²) in [6.45, 7) is 1.85. The van der Waals surface area contributed by atoms with Crippen LogP contribution in [0.2, 0.25) is 10.0 Å². The molecule has 0 aliphatic carbocycles. The third-order valence-corrected chi connectivity index (χ3v) is 3.21. The largest absolute Gasteiger partial charge is 0.456 e.